The molecule has 4 nitrogen and oxygen atoms in total. The summed E-state index contributed by atoms with van der Waals surface area (Å²) < 4.78 is 18.9. The third-order valence-corrected chi connectivity index (χ3v) is 5.39. The summed E-state index contributed by atoms with van der Waals surface area (Å²) in [4.78, 5) is 6.27. The van der Waals surface area contributed by atoms with E-state index in [0.717, 1.165) is 16.7 Å². The maximum Gasteiger partial charge on any atom is 0.209 e. The lowest BCUT2D eigenvalue weighted by Gasteiger charge is -2.26. The molecule has 0 radical (unpaired) electrons. The number of fused-ring (bicyclic) bond motifs is 1. The Morgan fingerprint density at radius 1 is 1.26 bits per heavy atom. The Morgan fingerprint density at radius 2 is 2.00 bits per heavy atom. The van der Waals surface area contributed by atoms with E-state index in [-0.39, 0.29) is 11.9 Å². The standard InChI is InChI=1S/C20H17Cl2FN2O2/c1-25(20-15-6-12(21)7-16(22)14(15)8-17(20)26)10-19-24-9-18(27-19)11-2-4-13(23)5-3-11/h2-7,9,17,20,26H,8,10H2,1H3/t17-,20+/m1/s1. The summed E-state index contributed by atoms with van der Waals surface area (Å²) in [5.41, 5.74) is 2.60. The molecule has 140 valence electrons. The SMILES string of the molecule is CN(Cc1ncc(-c2ccc(F)cc2)o1)[C@H]1c2cc(Cl)cc(Cl)c2C[C@H]1O. The van der Waals surface area contributed by atoms with Gasteiger partial charge < -0.3 is 9.52 Å². The molecule has 1 aliphatic carbocycles. The Balaban J connectivity index is 1.55. The Morgan fingerprint density at radius 3 is 2.74 bits per heavy atom. The lowest BCUT2D eigenvalue weighted by atomic mass is 10.1. The van der Waals surface area contributed by atoms with E-state index >= 15 is 0 Å². The first-order valence-corrected chi connectivity index (χ1v) is 9.24. The molecule has 7 heteroatoms. The highest BCUT2D eigenvalue weighted by molar-refractivity contribution is 6.35. The van der Waals surface area contributed by atoms with Crippen LogP contribution in [0.4, 0.5) is 4.39 Å². The van der Waals surface area contributed by atoms with Crippen molar-refractivity contribution in [3.8, 4) is 11.3 Å². The molecule has 0 aliphatic heterocycles. The second kappa shape index (κ2) is 7.24. The summed E-state index contributed by atoms with van der Waals surface area (Å²) in [7, 11) is 1.89. The number of nitrogens with zero attached hydrogens (tertiary/aromatic N) is 2. The Labute approximate surface area is 166 Å². The second-order valence-electron chi connectivity index (χ2n) is 6.71. The molecule has 1 aromatic heterocycles. The van der Waals surface area contributed by atoms with Gasteiger partial charge in [0.05, 0.1) is 24.9 Å². The van der Waals surface area contributed by atoms with Crippen LogP contribution in [0.25, 0.3) is 11.3 Å². The van der Waals surface area contributed by atoms with Crippen LogP contribution in [0.5, 0.6) is 0 Å². The molecule has 0 saturated heterocycles. The lowest BCUT2D eigenvalue weighted by molar-refractivity contribution is 0.0681. The van der Waals surface area contributed by atoms with Crippen molar-refractivity contribution in [3.63, 3.8) is 0 Å². The van der Waals surface area contributed by atoms with Crippen LogP contribution in [0.1, 0.15) is 23.1 Å². The average molecular weight is 407 g/mol. The lowest BCUT2D eigenvalue weighted by Crippen LogP contribution is -2.30. The molecule has 0 amide bonds. The van der Waals surface area contributed by atoms with E-state index in [1.54, 1.807) is 24.4 Å². The number of aliphatic hydroxyl groups excluding tert-OH is 1. The fourth-order valence-corrected chi connectivity index (χ4v) is 4.19. The van der Waals surface area contributed by atoms with Crippen LogP contribution >= 0.6 is 23.2 Å². The summed E-state index contributed by atoms with van der Waals surface area (Å²) in [6, 6.07) is 9.33. The van der Waals surface area contributed by atoms with Crippen LogP contribution in [0, 0.1) is 5.82 Å². The molecule has 1 N–H and O–H groups in total. The van der Waals surface area contributed by atoms with Gasteiger partial charge >= 0.3 is 0 Å². The minimum Gasteiger partial charge on any atom is -0.439 e. The van der Waals surface area contributed by atoms with Gasteiger partial charge in [0.2, 0.25) is 5.89 Å². The van der Waals surface area contributed by atoms with Gasteiger partial charge in [-0.2, -0.15) is 0 Å². The summed E-state index contributed by atoms with van der Waals surface area (Å²) >= 11 is 12.4. The van der Waals surface area contributed by atoms with Gasteiger partial charge in [0.1, 0.15) is 5.82 Å². The molecule has 2 atom stereocenters. The van der Waals surface area contributed by atoms with E-state index in [1.807, 2.05) is 18.0 Å². The molecule has 0 saturated carbocycles. The van der Waals surface area contributed by atoms with Crippen molar-refractivity contribution >= 4 is 23.2 Å². The van der Waals surface area contributed by atoms with E-state index in [2.05, 4.69) is 4.98 Å². The number of oxazole rings is 1. The number of aromatic nitrogens is 1. The van der Waals surface area contributed by atoms with Crippen molar-refractivity contribution < 1.29 is 13.9 Å². The van der Waals surface area contributed by atoms with Crippen LogP contribution in [-0.4, -0.2) is 28.1 Å². The van der Waals surface area contributed by atoms with Crippen LogP contribution in [-0.2, 0) is 13.0 Å². The number of aliphatic hydroxyl groups is 1. The fraction of sp³-hybridized carbons (Fsp3) is 0.250. The van der Waals surface area contributed by atoms with E-state index in [4.69, 9.17) is 27.6 Å². The first-order chi connectivity index (χ1) is 12.9. The molecule has 0 bridgehead atoms. The van der Waals surface area contributed by atoms with Crippen LogP contribution < -0.4 is 0 Å². The Hall–Kier alpha value is -1.92. The zero-order chi connectivity index (χ0) is 19.1. The van der Waals surface area contributed by atoms with E-state index in [0.29, 0.717) is 34.7 Å². The molecule has 4 rings (SSSR count). The third-order valence-electron chi connectivity index (χ3n) is 4.83. The quantitative estimate of drug-likeness (QED) is 0.670. The first kappa shape index (κ1) is 18.4. The van der Waals surface area contributed by atoms with E-state index in [9.17, 15) is 9.50 Å². The first-order valence-electron chi connectivity index (χ1n) is 8.49. The van der Waals surface area contributed by atoms with Crippen molar-refractivity contribution in [2.24, 2.45) is 0 Å². The Kier molecular flexibility index (Phi) is 4.95. The maximum absolute atomic E-state index is 13.1. The molecule has 27 heavy (non-hydrogen) atoms. The number of rotatable bonds is 4. The molecule has 3 aromatic rings. The second-order valence-corrected chi connectivity index (χ2v) is 7.56. The maximum atomic E-state index is 13.1. The number of benzene rings is 2. The van der Waals surface area contributed by atoms with E-state index < -0.39 is 6.10 Å². The van der Waals surface area contributed by atoms with Gasteiger partial charge in [-0.15, -0.1) is 0 Å². The van der Waals surface area contributed by atoms with Crippen molar-refractivity contribution in [1.29, 1.82) is 0 Å². The fourth-order valence-electron chi connectivity index (χ4n) is 3.60. The normalized spacial score (nSPS) is 18.9. The van der Waals surface area contributed by atoms with Gasteiger partial charge in [0.15, 0.2) is 5.76 Å². The molecular weight excluding hydrogens is 390 g/mol. The molecule has 1 aliphatic rings. The molecule has 0 unspecified atom stereocenters. The van der Waals surface area contributed by atoms with Crippen molar-refractivity contribution in [3.05, 3.63) is 75.5 Å². The van der Waals surface area contributed by atoms with Gasteiger partial charge in [0.25, 0.3) is 0 Å². The number of likely N-dealkylation sites (N-methyl/N-ethyl adjacent to an activating group) is 1. The van der Waals surface area contributed by atoms with Gasteiger partial charge in [-0.05, 0) is 54.6 Å². The summed E-state index contributed by atoms with van der Waals surface area (Å²) in [6.45, 7) is 0.395. The van der Waals surface area contributed by atoms with Gasteiger partial charge in [-0.1, -0.05) is 23.2 Å². The molecule has 0 spiro atoms. The van der Waals surface area contributed by atoms with Crippen LogP contribution in [0.15, 0.2) is 47.0 Å². The van der Waals surface area contributed by atoms with Crippen molar-refractivity contribution in [2.75, 3.05) is 7.05 Å². The van der Waals surface area contributed by atoms with Gasteiger partial charge in [-0.25, -0.2) is 9.37 Å². The average Bonchev–Trinajstić information content (AvgIpc) is 3.19. The molecular formula is C20H17Cl2FN2O2. The van der Waals surface area contributed by atoms with Gasteiger partial charge in [-0.3, -0.25) is 4.90 Å². The van der Waals surface area contributed by atoms with E-state index in [1.165, 1.54) is 12.1 Å². The molecule has 0 fully saturated rings. The highest BCUT2D eigenvalue weighted by Gasteiger charge is 2.36. The summed E-state index contributed by atoms with van der Waals surface area (Å²) in [6.07, 6.45) is 1.50. The van der Waals surface area contributed by atoms with Gasteiger partial charge in [0, 0.05) is 22.0 Å². The molecule has 1 heterocycles. The summed E-state index contributed by atoms with van der Waals surface area (Å²) in [5.74, 6) is 0.770. The third kappa shape index (κ3) is 3.60. The minimum absolute atomic E-state index is 0.252. The zero-order valence-corrected chi connectivity index (χ0v) is 16.0. The smallest absolute Gasteiger partial charge is 0.209 e. The highest BCUT2D eigenvalue weighted by atomic mass is 35.5. The van der Waals surface area contributed by atoms with Crippen molar-refractivity contribution in [2.45, 2.75) is 25.1 Å². The van der Waals surface area contributed by atoms with Crippen molar-refractivity contribution in [1.82, 2.24) is 9.88 Å². The Bertz CT molecular complexity index is 975. The number of hydrogen-bond acceptors (Lipinski definition) is 4. The molecule has 2 aromatic carbocycles. The predicted molar refractivity (Wildman–Crippen MR) is 102 cm³/mol. The monoisotopic (exact) mass is 406 g/mol. The number of hydrogen-bond donors (Lipinski definition) is 1. The highest BCUT2D eigenvalue weighted by Crippen LogP contribution is 2.41. The predicted octanol–water partition coefficient (Wildman–Crippen LogP) is 4.88. The topological polar surface area (TPSA) is 49.5 Å². The van der Waals surface area contributed by atoms with Crippen LogP contribution in [0.2, 0.25) is 10.0 Å². The number of halogens is 3. The minimum atomic E-state index is -0.590. The summed E-state index contributed by atoms with van der Waals surface area (Å²) in [5, 5.41) is 11.7. The largest absolute Gasteiger partial charge is 0.439 e. The van der Waals surface area contributed by atoms with Crippen LogP contribution in [0.3, 0.4) is 0 Å². The zero-order valence-electron chi connectivity index (χ0n) is 14.5.